The van der Waals surface area contributed by atoms with Gasteiger partial charge in [-0.15, -0.1) is 11.3 Å². The molecule has 31 heavy (non-hydrogen) atoms. The average Bonchev–Trinajstić information content (AvgIpc) is 3.09. The van der Waals surface area contributed by atoms with Crippen molar-refractivity contribution in [2.75, 3.05) is 0 Å². The van der Waals surface area contributed by atoms with E-state index in [1.165, 1.54) is 5.56 Å². The minimum atomic E-state index is -0.275. The molecule has 6 heteroatoms. The fraction of sp³-hybridized carbons (Fsp3) is 0.280. The zero-order valence-electron chi connectivity index (χ0n) is 17.8. The van der Waals surface area contributed by atoms with E-state index in [0.29, 0.717) is 6.61 Å². The van der Waals surface area contributed by atoms with Gasteiger partial charge in [0.05, 0.1) is 23.3 Å². The van der Waals surface area contributed by atoms with Crippen LogP contribution < -0.4 is 5.56 Å². The predicted molar refractivity (Wildman–Crippen MR) is 129 cm³/mol. The summed E-state index contributed by atoms with van der Waals surface area (Å²) in [6, 6.07) is 18.4. The lowest BCUT2D eigenvalue weighted by Crippen LogP contribution is -2.32. The van der Waals surface area contributed by atoms with Gasteiger partial charge in [0, 0.05) is 17.1 Å². The Balaban J connectivity index is 1.69. The number of rotatable bonds is 4. The highest BCUT2D eigenvalue weighted by Crippen LogP contribution is 2.38. The van der Waals surface area contributed by atoms with Crippen molar-refractivity contribution < 1.29 is 4.74 Å². The van der Waals surface area contributed by atoms with Crippen LogP contribution in [0.5, 0.6) is 0 Å². The molecule has 2 aromatic heterocycles. The molecule has 0 aliphatic carbocycles. The average molecular weight is 449 g/mol. The number of hydrogen-bond donors (Lipinski definition) is 0. The monoisotopic (exact) mass is 448 g/mol. The van der Waals surface area contributed by atoms with Crippen LogP contribution in [0.25, 0.3) is 15.9 Å². The summed E-state index contributed by atoms with van der Waals surface area (Å²) in [5.74, 6) is 0.756. The van der Waals surface area contributed by atoms with Crippen LogP contribution in [0.15, 0.2) is 64.5 Å². The van der Waals surface area contributed by atoms with Crippen LogP contribution in [-0.2, 0) is 23.5 Å². The van der Waals surface area contributed by atoms with Crippen LogP contribution in [0.2, 0.25) is 0 Å². The molecule has 158 valence electrons. The third kappa shape index (κ3) is 3.95. The summed E-state index contributed by atoms with van der Waals surface area (Å²) < 4.78 is 7.79. The van der Waals surface area contributed by atoms with Crippen LogP contribution in [0.3, 0.4) is 0 Å². The summed E-state index contributed by atoms with van der Waals surface area (Å²) in [7, 11) is 0. The van der Waals surface area contributed by atoms with Crippen LogP contribution in [0.4, 0.5) is 0 Å². The van der Waals surface area contributed by atoms with Crippen molar-refractivity contribution >= 4 is 33.3 Å². The van der Waals surface area contributed by atoms with E-state index >= 15 is 0 Å². The Hall–Kier alpha value is -2.41. The number of fused-ring (bicyclic) bond motifs is 3. The number of benzene rings is 2. The maximum atomic E-state index is 13.9. The molecule has 1 aliphatic heterocycles. The number of thioether (sulfide) groups is 1. The standard InChI is InChI=1S/C25H24N2O2S2/c1-16-8-7-11-18(12-16)27-23(28)21-19-13-25(2,3)29-14-20(19)31-22(21)26-24(27)30-15-17-9-5-4-6-10-17/h4-12H,13-15H2,1-3H3. The number of nitrogens with zero attached hydrogens (tertiary/aromatic N) is 2. The van der Waals surface area contributed by atoms with Crippen LogP contribution in [0.1, 0.15) is 35.4 Å². The zero-order valence-corrected chi connectivity index (χ0v) is 19.5. The van der Waals surface area contributed by atoms with E-state index in [-0.39, 0.29) is 11.2 Å². The first-order chi connectivity index (χ1) is 14.9. The minimum absolute atomic E-state index is 0.0151. The number of hydrogen-bond acceptors (Lipinski definition) is 5. The zero-order chi connectivity index (χ0) is 21.6. The molecule has 0 radical (unpaired) electrons. The number of aryl methyl sites for hydroxylation is 1. The maximum Gasteiger partial charge on any atom is 0.267 e. The Morgan fingerprint density at radius 1 is 1.16 bits per heavy atom. The quantitative estimate of drug-likeness (QED) is 0.288. The van der Waals surface area contributed by atoms with Gasteiger partial charge in [-0.2, -0.15) is 0 Å². The van der Waals surface area contributed by atoms with E-state index in [0.717, 1.165) is 49.2 Å². The van der Waals surface area contributed by atoms with E-state index in [9.17, 15) is 4.79 Å². The van der Waals surface area contributed by atoms with Gasteiger partial charge in [0.2, 0.25) is 0 Å². The lowest BCUT2D eigenvalue weighted by Gasteiger charge is -2.29. The van der Waals surface area contributed by atoms with Gasteiger partial charge >= 0.3 is 0 Å². The summed E-state index contributed by atoms with van der Waals surface area (Å²) >= 11 is 3.20. The second-order valence-electron chi connectivity index (χ2n) is 8.56. The van der Waals surface area contributed by atoms with Gasteiger partial charge in [0.1, 0.15) is 4.83 Å². The highest BCUT2D eigenvalue weighted by atomic mass is 32.2. The molecular weight excluding hydrogens is 424 g/mol. The summed E-state index contributed by atoms with van der Waals surface area (Å²) in [5, 5.41) is 1.48. The fourth-order valence-corrected chi connectivity index (χ4v) is 6.10. The van der Waals surface area contributed by atoms with E-state index in [4.69, 9.17) is 9.72 Å². The molecule has 4 aromatic rings. The van der Waals surface area contributed by atoms with Crippen LogP contribution >= 0.6 is 23.1 Å². The van der Waals surface area contributed by atoms with Gasteiger partial charge in [0.15, 0.2) is 5.16 Å². The molecule has 0 atom stereocenters. The Morgan fingerprint density at radius 2 is 1.97 bits per heavy atom. The van der Waals surface area contributed by atoms with E-state index in [1.807, 2.05) is 49.4 Å². The van der Waals surface area contributed by atoms with Crippen molar-refractivity contribution in [1.29, 1.82) is 0 Å². The largest absolute Gasteiger partial charge is 0.370 e. The highest BCUT2D eigenvalue weighted by Gasteiger charge is 2.31. The first-order valence-electron chi connectivity index (χ1n) is 10.4. The molecule has 3 heterocycles. The van der Waals surface area contributed by atoms with E-state index < -0.39 is 0 Å². The fourth-order valence-electron chi connectivity index (χ4n) is 3.99. The molecule has 4 nitrogen and oxygen atoms in total. The van der Waals surface area contributed by atoms with E-state index in [1.54, 1.807) is 27.7 Å². The molecule has 0 N–H and O–H groups in total. The van der Waals surface area contributed by atoms with Gasteiger partial charge in [-0.25, -0.2) is 4.98 Å². The summed E-state index contributed by atoms with van der Waals surface area (Å²) in [6.45, 7) is 6.75. The number of aromatic nitrogens is 2. The molecule has 0 saturated heterocycles. The second kappa shape index (κ2) is 7.93. The molecule has 1 aliphatic rings. The van der Waals surface area contributed by atoms with Crippen LogP contribution in [0, 0.1) is 6.92 Å². The predicted octanol–water partition coefficient (Wildman–Crippen LogP) is 5.90. The van der Waals surface area contributed by atoms with Gasteiger partial charge < -0.3 is 4.74 Å². The molecule has 0 unspecified atom stereocenters. The molecular formula is C25H24N2O2S2. The van der Waals surface area contributed by atoms with Gasteiger partial charge in [0.25, 0.3) is 5.56 Å². The van der Waals surface area contributed by atoms with Gasteiger partial charge in [-0.1, -0.05) is 54.2 Å². The first kappa shape index (κ1) is 20.5. The van der Waals surface area contributed by atoms with Gasteiger partial charge in [-0.05, 0) is 49.6 Å². The second-order valence-corrected chi connectivity index (χ2v) is 10.6. The van der Waals surface area contributed by atoms with Crippen molar-refractivity contribution in [3.63, 3.8) is 0 Å². The lowest BCUT2D eigenvalue weighted by molar-refractivity contribution is -0.0379. The SMILES string of the molecule is Cc1cccc(-n2c(SCc3ccccc3)nc3sc4c(c3c2=O)CC(C)(C)OC4)c1. The smallest absolute Gasteiger partial charge is 0.267 e. The van der Waals surface area contributed by atoms with Crippen molar-refractivity contribution in [3.8, 4) is 5.69 Å². The molecule has 0 bridgehead atoms. The molecule has 0 fully saturated rings. The Morgan fingerprint density at radius 3 is 2.74 bits per heavy atom. The first-order valence-corrected chi connectivity index (χ1v) is 12.2. The molecule has 5 rings (SSSR count). The van der Waals surface area contributed by atoms with Crippen molar-refractivity contribution in [3.05, 3.63) is 86.5 Å². The molecule has 0 spiro atoms. The Labute approximate surface area is 189 Å². The lowest BCUT2D eigenvalue weighted by atomic mass is 9.94. The number of ether oxygens (including phenoxy) is 1. The van der Waals surface area contributed by atoms with Gasteiger partial charge in [-0.3, -0.25) is 9.36 Å². The van der Waals surface area contributed by atoms with E-state index in [2.05, 4.69) is 26.0 Å². The maximum absolute atomic E-state index is 13.9. The van der Waals surface area contributed by atoms with Crippen molar-refractivity contribution in [2.45, 2.75) is 50.3 Å². The third-order valence-electron chi connectivity index (χ3n) is 5.54. The Kier molecular flexibility index (Phi) is 5.24. The van der Waals surface area contributed by atoms with Crippen LogP contribution in [-0.4, -0.2) is 15.2 Å². The Bertz CT molecular complexity index is 1320. The van der Waals surface area contributed by atoms with Crippen molar-refractivity contribution in [2.24, 2.45) is 0 Å². The number of thiophene rings is 1. The summed E-state index contributed by atoms with van der Waals surface area (Å²) in [5.41, 5.74) is 4.03. The highest BCUT2D eigenvalue weighted by molar-refractivity contribution is 7.98. The third-order valence-corrected chi connectivity index (χ3v) is 7.65. The molecule has 0 amide bonds. The molecule has 0 saturated carbocycles. The topological polar surface area (TPSA) is 44.1 Å². The van der Waals surface area contributed by atoms with Crippen molar-refractivity contribution in [1.82, 2.24) is 9.55 Å². The molecule has 2 aromatic carbocycles. The summed E-state index contributed by atoms with van der Waals surface area (Å²) in [4.78, 5) is 20.8. The summed E-state index contributed by atoms with van der Waals surface area (Å²) in [6.07, 6.45) is 0.726. The normalized spacial score (nSPS) is 15.2. The minimum Gasteiger partial charge on any atom is -0.370 e.